The maximum atomic E-state index is 2.49. The molecule has 0 aromatic rings. The summed E-state index contributed by atoms with van der Waals surface area (Å²) in [6.45, 7) is 16.7. The zero-order valence-corrected chi connectivity index (χ0v) is 13.4. The van der Waals surface area contributed by atoms with E-state index in [-0.39, 0.29) is 0 Å². The van der Waals surface area contributed by atoms with Crippen molar-refractivity contribution in [1.82, 2.24) is 0 Å². The molecule has 0 heteroatoms. The summed E-state index contributed by atoms with van der Waals surface area (Å²) in [5, 5.41) is 0. The predicted molar refractivity (Wildman–Crippen MR) is 80.3 cm³/mol. The molecule has 3 atom stereocenters. The summed E-state index contributed by atoms with van der Waals surface area (Å²) in [5.74, 6) is 4.49. The summed E-state index contributed by atoms with van der Waals surface area (Å²) >= 11 is 0. The Bertz CT molecular complexity index is 169. The van der Waals surface area contributed by atoms with Crippen molar-refractivity contribution in [2.24, 2.45) is 29.6 Å². The maximum Gasteiger partial charge on any atom is -0.0386 e. The Morgan fingerprint density at radius 2 is 1.35 bits per heavy atom. The van der Waals surface area contributed by atoms with Crippen LogP contribution in [-0.2, 0) is 0 Å². The molecule has 0 radical (unpaired) electrons. The predicted octanol–water partition coefficient (Wildman–Crippen LogP) is 6.16. The van der Waals surface area contributed by atoms with Gasteiger partial charge in [-0.25, -0.2) is 0 Å². The van der Waals surface area contributed by atoms with Gasteiger partial charge in [0.25, 0.3) is 0 Å². The van der Waals surface area contributed by atoms with Crippen LogP contribution in [0.2, 0.25) is 0 Å². The van der Waals surface area contributed by atoms with Crippen LogP contribution < -0.4 is 0 Å². The highest BCUT2D eigenvalue weighted by atomic mass is 14.3. The van der Waals surface area contributed by atoms with E-state index in [1.54, 1.807) is 0 Å². The molecule has 0 bridgehead atoms. The van der Waals surface area contributed by atoms with Crippen molar-refractivity contribution < 1.29 is 0 Å². The van der Waals surface area contributed by atoms with Gasteiger partial charge in [-0.2, -0.15) is 0 Å². The Morgan fingerprint density at radius 3 is 1.71 bits per heavy atom. The van der Waals surface area contributed by atoms with Crippen molar-refractivity contribution in [2.75, 3.05) is 0 Å². The van der Waals surface area contributed by atoms with Crippen molar-refractivity contribution in [3.63, 3.8) is 0 Å². The lowest BCUT2D eigenvalue weighted by Crippen LogP contribution is -2.20. The van der Waals surface area contributed by atoms with Crippen molar-refractivity contribution >= 4 is 0 Å². The lowest BCUT2D eigenvalue weighted by molar-refractivity contribution is 0.209. The van der Waals surface area contributed by atoms with Crippen LogP contribution in [0.3, 0.4) is 0 Å². The van der Waals surface area contributed by atoms with E-state index in [9.17, 15) is 0 Å². The van der Waals surface area contributed by atoms with Crippen molar-refractivity contribution in [2.45, 2.75) is 80.6 Å². The molecule has 0 rings (SSSR count). The molecule has 0 saturated carbocycles. The topological polar surface area (TPSA) is 0 Å². The second kappa shape index (κ2) is 9.00. The average molecular weight is 240 g/mol. The van der Waals surface area contributed by atoms with Crippen molar-refractivity contribution in [3.8, 4) is 0 Å². The summed E-state index contributed by atoms with van der Waals surface area (Å²) in [4.78, 5) is 0. The van der Waals surface area contributed by atoms with Gasteiger partial charge in [-0.1, -0.05) is 67.7 Å². The highest BCUT2D eigenvalue weighted by molar-refractivity contribution is 4.73. The van der Waals surface area contributed by atoms with Crippen LogP contribution in [0.1, 0.15) is 80.6 Å². The van der Waals surface area contributed by atoms with Gasteiger partial charge in [-0.3, -0.25) is 0 Å². The van der Waals surface area contributed by atoms with Gasteiger partial charge in [0.1, 0.15) is 0 Å². The first-order valence-corrected chi connectivity index (χ1v) is 7.92. The number of hydrogen-bond acceptors (Lipinski definition) is 0. The lowest BCUT2D eigenvalue weighted by atomic mass is 9.76. The molecule has 0 fully saturated rings. The molecule has 0 N–H and O–H groups in total. The zero-order chi connectivity index (χ0) is 13.4. The van der Waals surface area contributed by atoms with Crippen molar-refractivity contribution in [1.29, 1.82) is 0 Å². The second-order valence-electron chi connectivity index (χ2n) is 6.80. The van der Waals surface area contributed by atoms with Crippen LogP contribution in [0.4, 0.5) is 0 Å². The summed E-state index contributed by atoms with van der Waals surface area (Å²) in [5.41, 5.74) is 0. The summed E-state index contributed by atoms with van der Waals surface area (Å²) in [6.07, 6.45) is 6.98. The first-order valence-electron chi connectivity index (χ1n) is 7.92. The summed E-state index contributed by atoms with van der Waals surface area (Å²) in [7, 11) is 0. The third-order valence-corrected chi connectivity index (χ3v) is 4.38. The normalized spacial score (nSPS) is 17.5. The van der Waals surface area contributed by atoms with E-state index < -0.39 is 0 Å². The van der Waals surface area contributed by atoms with Gasteiger partial charge >= 0.3 is 0 Å². The van der Waals surface area contributed by atoms with E-state index >= 15 is 0 Å². The molecule has 0 saturated heterocycles. The van der Waals surface area contributed by atoms with Crippen LogP contribution >= 0.6 is 0 Å². The minimum atomic E-state index is 0.851. The Labute approximate surface area is 111 Å². The monoisotopic (exact) mass is 240 g/mol. The van der Waals surface area contributed by atoms with Gasteiger partial charge in [-0.05, 0) is 42.4 Å². The molecule has 17 heavy (non-hydrogen) atoms. The molecule has 0 nitrogen and oxygen atoms in total. The van der Waals surface area contributed by atoms with E-state index in [1.807, 2.05) is 0 Å². The maximum absolute atomic E-state index is 2.49. The fraction of sp³-hybridized carbons (Fsp3) is 1.00. The van der Waals surface area contributed by atoms with Gasteiger partial charge in [0.15, 0.2) is 0 Å². The SMILES string of the molecule is CCCC(CC(C)C)C(C)CC(CC)C(C)C. The quantitative estimate of drug-likeness (QED) is 0.453. The van der Waals surface area contributed by atoms with Gasteiger partial charge in [-0.15, -0.1) is 0 Å². The number of rotatable bonds is 9. The highest BCUT2D eigenvalue weighted by Gasteiger charge is 2.22. The molecular formula is C17H36. The number of hydrogen-bond donors (Lipinski definition) is 0. The lowest BCUT2D eigenvalue weighted by Gasteiger charge is -2.30. The molecule has 0 aliphatic rings. The fourth-order valence-corrected chi connectivity index (χ4v) is 3.19. The van der Waals surface area contributed by atoms with Crippen LogP contribution in [0, 0.1) is 29.6 Å². The first kappa shape index (κ1) is 17.0. The third-order valence-electron chi connectivity index (χ3n) is 4.38. The van der Waals surface area contributed by atoms with E-state index in [1.165, 1.54) is 32.1 Å². The fourth-order valence-electron chi connectivity index (χ4n) is 3.19. The molecule has 0 aliphatic carbocycles. The average Bonchev–Trinajstić information content (AvgIpc) is 2.23. The zero-order valence-electron chi connectivity index (χ0n) is 13.4. The molecular weight excluding hydrogens is 204 g/mol. The minimum absolute atomic E-state index is 0.851. The molecule has 3 unspecified atom stereocenters. The molecule has 104 valence electrons. The van der Waals surface area contributed by atoms with E-state index in [0.717, 1.165) is 29.6 Å². The Balaban J connectivity index is 4.33. The standard InChI is InChI=1S/C17H36/c1-8-10-17(11-13(3)4)15(7)12-16(9-2)14(5)6/h13-17H,8-12H2,1-7H3. The molecule has 0 heterocycles. The largest absolute Gasteiger partial charge is 0.0654 e. The molecule has 0 aliphatic heterocycles. The molecule has 0 spiro atoms. The molecule has 0 aromatic heterocycles. The van der Waals surface area contributed by atoms with Gasteiger partial charge in [0.05, 0.1) is 0 Å². The Kier molecular flexibility index (Phi) is 9.00. The third kappa shape index (κ3) is 7.11. The second-order valence-corrected chi connectivity index (χ2v) is 6.80. The van der Waals surface area contributed by atoms with Crippen molar-refractivity contribution in [3.05, 3.63) is 0 Å². The Morgan fingerprint density at radius 1 is 0.765 bits per heavy atom. The van der Waals surface area contributed by atoms with E-state index in [4.69, 9.17) is 0 Å². The van der Waals surface area contributed by atoms with Crippen LogP contribution in [0.15, 0.2) is 0 Å². The van der Waals surface area contributed by atoms with Crippen LogP contribution in [0.25, 0.3) is 0 Å². The first-order chi connectivity index (χ1) is 7.92. The van der Waals surface area contributed by atoms with Crippen LogP contribution in [-0.4, -0.2) is 0 Å². The van der Waals surface area contributed by atoms with E-state index in [2.05, 4.69) is 48.5 Å². The minimum Gasteiger partial charge on any atom is -0.0654 e. The van der Waals surface area contributed by atoms with Gasteiger partial charge in [0.2, 0.25) is 0 Å². The summed E-state index contributed by atoms with van der Waals surface area (Å²) < 4.78 is 0. The molecule has 0 aromatic carbocycles. The van der Waals surface area contributed by atoms with E-state index in [0.29, 0.717) is 0 Å². The summed E-state index contributed by atoms with van der Waals surface area (Å²) in [6, 6.07) is 0. The molecule has 0 amide bonds. The Hall–Kier alpha value is 0. The van der Waals surface area contributed by atoms with Crippen LogP contribution in [0.5, 0.6) is 0 Å². The highest BCUT2D eigenvalue weighted by Crippen LogP contribution is 2.32. The smallest absolute Gasteiger partial charge is 0.0386 e. The van der Waals surface area contributed by atoms with Gasteiger partial charge < -0.3 is 0 Å². The van der Waals surface area contributed by atoms with Gasteiger partial charge in [0, 0.05) is 0 Å².